The Kier molecular flexibility index (Phi) is 3.52. The first-order chi connectivity index (χ1) is 11.2. The molecule has 6 nitrogen and oxygen atoms in total. The molecule has 4 rings (SSSR count). The van der Waals surface area contributed by atoms with Gasteiger partial charge in [0.05, 0.1) is 6.20 Å². The monoisotopic (exact) mass is 311 g/mol. The molecule has 3 aromatic heterocycles. The Bertz CT molecular complexity index is 829. The van der Waals surface area contributed by atoms with E-state index in [0.29, 0.717) is 11.6 Å². The van der Waals surface area contributed by atoms with Crippen LogP contribution in [0.3, 0.4) is 0 Å². The molecule has 3 heterocycles. The highest BCUT2D eigenvalue weighted by Gasteiger charge is 2.19. The van der Waals surface area contributed by atoms with Crippen LogP contribution in [0.15, 0.2) is 22.7 Å². The number of hydrogen-bond acceptors (Lipinski definition) is 5. The Balaban J connectivity index is 1.75. The summed E-state index contributed by atoms with van der Waals surface area (Å²) in [5.74, 6) is 3.08. The normalized spacial score (nSPS) is 16.2. The lowest BCUT2D eigenvalue weighted by atomic mass is 9.85. The summed E-state index contributed by atoms with van der Waals surface area (Å²) in [4.78, 5) is 8.74. The zero-order valence-corrected chi connectivity index (χ0v) is 13.3. The van der Waals surface area contributed by atoms with Gasteiger partial charge in [0.25, 0.3) is 0 Å². The van der Waals surface area contributed by atoms with Crippen LogP contribution >= 0.6 is 0 Å². The molecule has 23 heavy (non-hydrogen) atoms. The van der Waals surface area contributed by atoms with E-state index in [-0.39, 0.29) is 5.95 Å². The standard InChI is InChI=1S/C17H21N5O/c1-11-7-8-14(23-11)16-21-17(18)20-15-13(10-19-22(15)16)9-12-5-3-2-4-6-12/h7-8,10,12H,2-6,9H2,1H3,(H2,18,20). The number of aryl methyl sites for hydroxylation is 1. The van der Waals surface area contributed by atoms with E-state index < -0.39 is 0 Å². The van der Waals surface area contributed by atoms with Crippen LogP contribution in [-0.2, 0) is 6.42 Å². The molecule has 0 unspecified atom stereocenters. The predicted octanol–water partition coefficient (Wildman–Crippen LogP) is 3.40. The molecule has 0 saturated heterocycles. The first-order valence-electron chi connectivity index (χ1n) is 8.27. The zero-order valence-electron chi connectivity index (χ0n) is 13.3. The first kappa shape index (κ1) is 14.2. The Labute approximate surface area is 134 Å². The summed E-state index contributed by atoms with van der Waals surface area (Å²) in [5.41, 5.74) is 7.87. The van der Waals surface area contributed by atoms with Crippen molar-refractivity contribution in [1.29, 1.82) is 0 Å². The Hall–Kier alpha value is -2.37. The molecule has 0 aliphatic heterocycles. The van der Waals surface area contributed by atoms with Crippen molar-refractivity contribution < 1.29 is 4.42 Å². The second kappa shape index (κ2) is 5.68. The summed E-state index contributed by atoms with van der Waals surface area (Å²) in [5, 5.41) is 4.49. The lowest BCUT2D eigenvalue weighted by Crippen LogP contribution is -2.10. The topological polar surface area (TPSA) is 82.2 Å². The van der Waals surface area contributed by atoms with Crippen LogP contribution < -0.4 is 5.73 Å². The molecule has 1 fully saturated rings. The van der Waals surface area contributed by atoms with Gasteiger partial charge in [0.15, 0.2) is 11.4 Å². The molecule has 0 amide bonds. The Morgan fingerprint density at radius 2 is 2.04 bits per heavy atom. The summed E-state index contributed by atoms with van der Waals surface area (Å²) in [6.45, 7) is 1.91. The van der Waals surface area contributed by atoms with Crippen LogP contribution in [0.25, 0.3) is 17.2 Å². The van der Waals surface area contributed by atoms with Crippen molar-refractivity contribution in [3.8, 4) is 11.6 Å². The number of nitrogens with zero attached hydrogens (tertiary/aromatic N) is 4. The number of aromatic nitrogens is 4. The average molecular weight is 311 g/mol. The number of fused-ring (bicyclic) bond motifs is 1. The molecule has 1 aliphatic carbocycles. The van der Waals surface area contributed by atoms with Crippen molar-refractivity contribution in [1.82, 2.24) is 19.6 Å². The molecule has 1 aliphatic rings. The van der Waals surface area contributed by atoms with Crippen molar-refractivity contribution in [2.45, 2.75) is 45.4 Å². The van der Waals surface area contributed by atoms with Gasteiger partial charge in [0.2, 0.25) is 11.8 Å². The molecule has 0 aromatic carbocycles. The predicted molar refractivity (Wildman–Crippen MR) is 87.9 cm³/mol. The van der Waals surface area contributed by atoms with Gasteiger partial charge in [0, 0.05) is 5.56 Å². The van der Waals surface area contributed by atoms with Gasteiger partial charge in [0.1, 0.15) is 5.76 Å². The van der Waals surface area contributed by atoms with Crippen LogP contribution in [-0.4, -0.2) is 19.6 Å². The van der Waals surface area contributed by atoms with Crippen LogP contribution in [0.1, 0.15) is 43.4 Å². The summed E-state index contributed by atoms with van der Waals surface area (Å²) >= 11 is 0. The van der Waals surface area contributed by atoms with E-state index in [1.165, 1.54) is 32.1 Å². The summed E-state index contributed by atoms with van der Waals surface area (Å²) in [7, 11) is 0. The molecule has 2 N–H and O–H groups in total. The van der Waals surface area contributed by atoms with Crippen LogP contribution in [0.2, 0.25) is 0 Å². The van der Waals surface area contributed by atoms with E-state index in [1.54, 1.807) is 4.52 Å². The van der Waals surface area contributed by atoms with Gasteiger partial charge < -0.3 is 10.2 Å². The number of rotatable bonds is 3. The second-order valence-electron chi connectivity index (χ2n) is 6.43. The highest BCUT2D eigenvalue weighted by Crippen LogP contribution is 2.29. The van der Waals surface area contributed by atoms with Crippen molar-refractivity contribution in [2.24, 2.45) is 5.92 Å². The quantitative estimate of drug-likeness (QED) is 0.801. The number of nitrogens with two attached hydrogens (primary N) is 1. The number of furan rings is 1. The summed E-state index contributed by atoms with van der Waals surface area (Å²) in [6, 6.07) is 3.80. The largest absolute Gasteiger partial charge is 0.458 e. The van der Waals surface area contributed by atoms with Crippen molar-refractivity contribution in [3.05, 3.63) is 29.7 Å². The summed E-state index contributed by atoms with van der Waals surface area (Å²) < 4.78 is 7.43. The SMILES string of the molecule is Cc1ccc(-c2nc(N)nc3c(CC4CCCCC4)cnn23)o1. The van der Waals surface area contributed by atoms with E-state index >= 15 is 0 Å². The van der Waals surface area contributed by atoms with Gasteiger partial charge in [-0.15, -0.1) is 0 Å². The molecular weight excluding hydrogens is 290 g/mol. The molecule has 1 saturated carbocycles. The van der Waals surface area contributed by atoms with E-state index in [4.69, 9.17) is 10.2 Å². The third-order valence-corrected chi connectivity index (χ3v) is 4.65. The molecule has 3 aromatic rings. The maximum absolute atomic E-state index is 5.93. The fraction of sp³-hybridized carbons (Fsp3) is 0.471. The zero-order chi connectivity index (χ0) is 15.8. The van der Waals surface area contributed by atoms with Gasteiger partial charge in [-0.25, -0.2) is 0 Å². The van der Waals surface area contributed by atoms with E-state index in [2.05, 4.69) is 15.1 Å². The number of nitrogen functional groups attached to an aromatic ring is 1. The van der Waals surface area contributed by atoms with Gasteiger partial charge in [-0.3, -0.25) is 0 Å². The smallest absolute Gasteiger partial charge is 0.224 e. The third-order valence-electron chi connectivity index (χ3n) is 4.65. The van der Waals surface area contributed by atoms with Gasteiger partial charge in [-0.05, 0) is 31.4 Å². The van der Waals surface area contributed by atoms with E-state index in [1.807, 2.05) is 25.3 Å². The minimum atomic E-state index is 0.256. The molecular formula is C17H21N5O. The Morgan fingerprint density at radius 3 is 2.78 bits per heavy atom. The maximum atomic E-state index is 5.93. The minimum absolute atomic E-state index is 0.256. The van der Waals surface area contributed by atoms with Gasteiger partial charge >= 0.3 is 0 Å². The van der Waals surface area contributed by atoms with E-state index in [0.717, 1.165) is 29.3 Å². The third kappa shape index (κ3) is 2.69. The lowest BCUT2D eigenvalue weighted by molar-refractivity contribution is 0.357. The fourth-order valence-corrected chi connectivity index (χ4v) is 3.50. The Morgan fingerprint density at radius 1 is 1.22 bits per heavy atom. The minimum Gasteiger partial charge on any atom is -0.458 e. The average Bonchev–Trinajstić information content (AvgIpc) is 3.15. The van der Waals surface area contributed by atoms with Crippen LogP contribution in [0, 0.1) is 12.8 Å². The lowest BCUT2D eigenvalue weighted by Gasteiger charge is -2.20. The van der Waals surface area contributed by atoms with Gasteiger partial charge in [-0.1, -0.05) is 32.1 Å². The molecule has 120 valence electrons. The highest BCUT2D eigenvalue weighted by molar-refractivity contribution is 5.58. The maximum Gasteiger partial charge on any atom is 0.224 e. The second-order valence-corrected chi connectivity index (χ2v) is 6.43. The molecule has 6 heteroatoms. The summed E-state index contributed by atoms with van der Waals surface area (Å²) in [6.07, 6.45) is 9.52. The van der Waals surface area contributed by atoms with Crippen molar-refractivity contribution >= 4 is 11.6 Å². The van der Waals surface area contributed by atoms with E-state index in [9.17, 15) is 0 Å². The van der Waals surface area contributed by atoms with Crippen LogP contribution in [0.4, 0.5) is 5.95 Å². The van der Waals surface area contributed by atoms with Gasteiger partial charge in [-0.2, -0.15) is 19.6 Å². The molecule has 0 spiro atoms. The number of anilines is 1. The molecule has 0 radical (unpaired) electrons. The first-order valence-corrected chi connectivity index (χ1v) is 8.27. The molecule has 0 bridgehead atoms. The fourth-order valence-electron chi connectivity index (χ4n) is 3.50. The molecule has 0 atom stereocenters. The van der Waals surface area contributed by atoms with Crippen molar-refractivity contribution in [2.75, 3.05) is 5.73 Å². The van der Waals surface area contributed by atoms with Crippen LogP contribution in [0.5, 0.6) is 0 Å². The van der Waals surface area contributed by atoms with Crippen molar-refractivity contribution in [3.63, 3.8) is 0 Å². The highest BCUT2D eigenvalue weighted by atomic mass is 16.3. The number of hydrogen-bond donors (Lipinski definition) is 1.